The minimum atomic E-state index is -4.56. The van der Waals surface area contributed by atoms with Gasteiger partial charge in [0.25, 0.3) is 0 Å². The van der Waals surface area contributed by atoms with E-state index in [1.807, 2.05) is 11.8 Å². The van der Waals surface area contributed by atoms with Gasteiger partial charge in [-0.3, -0.25) is 4.79 Å². The van der Waals surface area contributed by atoms with Crippen LogP contribution in [0.4, 0.5) is 23.5 Å². The number of benzene rings is 2. The number of alkyl halides is 3. The fourth-order valence-corrected chi connectivity index (χ4v) is 3.95. The summed E-state index contributed by atoms with van der Waals surface area (Å²) in [7, 11) is 0. The fourth-order valence-electron chi connectivity index (χ4n) is 3.95. The second-order valence-corrected chi connectivity index (χ2v) is 8.20. The lowest BCUT2D eigenvalue weighted by atomic mass is 9.74. The number of carbonyl (C=O) groups excluding carboxylic acids is 1. The highest BCUT2D eigenvalue weighted by atomic mass is 19.4. The van der Waals surface area contributed by atoms with E-state index in [9.17, 15) is 22.4 Å². The summed E-state index contributed by atoms with van der Waals surface area (Å²) in [6.07, 6.45) is 0.0287. The van der Waals surface area contributed by atoms with Gasteiger partial charge in [0.2, 0.25) is 5.95 Å². The van der Waals surface area contributed by atoms with Crippen molar-refractivity contribution in [3.8, 4) is 11.1 Å². The maximum absolute atomic E-state index is 14.2. The van der Waals surface area contributed by atoms with E-state index in [2.05, 4.69) is 9.97 Å². The van der Waals surface area contributed by atoms with Crippen LogP contribution in [0.25, 0.3) is 11.1 Å². The number of hydrogen-bond donors (Lipinski definition) is 0. The molecule has 166 valence electrons. The third-order valence-corrected chi connectivity index (χ3v) is 6.00. The summed E-state index contributed by atoms with van der Waals surface area (Å²) in [5.41, 5.74) is -0.912. The Kier molecular flexibility index (Phi) is 5.71. The summed E-state index contributed by atoms with van der Waals surface area (Å²) in [4.78, 5) is 23.7. The standard InChI is InChI=1S/C24H21F4N3O/c1-23(9-13-31(14-10-23)22-29-11-2-12-30-22)21(32)17-5-3-16(4-6-17)19-15-18(24(26,27)28)7-8-20(19)25/h2-8,11-12,15H,9-10,13-14H2,1H3. The molecule has 4 rings (SSSR count). The predicted molar refractivity (Wildman–Crippen MR) is 113 cm³/mol. The largest absolute Gasteiger partial charge is 0.416 e. The van der Waals surface area contributed by atoms with Crippen molar-refractivity contribution < 1.29 is 22.4 Å². The van der Waals surface area contributed by atoms with Crippen molar-refractivity contribution in [1.29, 1.82) is 0 Å². The quantitative estimate of drug-likeness (QED) is 0.378. The van der Waals surface area contributed by atoms with Crippen LogP contribution in [0.3, 0.4) is 0 Å². The monoisotopic (exact) mass is 443 g/mol. The van der Waals surface area contributed by atoms with Gasteiger partial charge in [0, 0.05) is 42.0 Å². The Morgan fingerprint density at radius 1 is 1.00 bits per heavy atom. The second kappa shape index (κ2) is 8.33. The first-order valence-corrected chi connectivity index (χ1v) is 10.2. The number of Topliss-reactive ketones (excluding diaryl/α,β-unsaturated/α-hetero) is 1. The molecule has 2 aromatic carbocycles. The predicted octanol–water partition coefficient (Wildman–Crippen LogP) is 5.79. The molecule has 0 amide bonds. The van der Waals surface area contributed by atoms with Crippen molar-refractivity contribution in [1.82, 2.24) is 9.97 Å². The van der Waals surface area contributed by atoms with Crippen LogP contribution >= 0.6 is 0 Å². The third-order valence-electron chi connectivity index (χ3n) is 6.00. The van der Waals surface area contributed by atoms with Gasteiger partial charge in [0.05, 0.1) is 5.56 Å². The summed E-state index contributed by atoms with van der Waals surface area (Å²) in [5, 5.41) is 0. The molecule has 1 fully saturated rings. The van der Waals surface area contributed by atoms with Crippen LogP contribution in [0, 0.1) is 11.2 Å². The highest BCUT2D eigenvalue weighted by Crippen LogP contribution is 2.37. The van der Waals surface area contributed by atoms with E-state index in [0.717, 1.165) is 12.1 Å². The fraction of sp³-hybridized carbons (Fsp3) is 0.292. The van der Waals surface area contributed by atoms with Gasteiger partial charge < -0.3 is 4.90 Å². The number of hydrogen-bond acceptors (Lipinski definition) is 4. The average molecular weight is 443 g/mol. The summed E-state index contributed by atoms with van der Waals surface area (Å²) in [5.74, 6) is -0.156. The van der Waals surface area contributed by atoms with Crippen molar-refractivity contribution in [3.63, 3.8) is 0 Å². The minimum absolute atomic E-state index is 0.0396. The maximum atomic E-state index is 14.2. The number of piperidine rings is 1. The zero-order valence-corrected chi connectivity index (χ0v) is 17.4. The maximum Gasteiger partial charge on any atom is 0.416 e. The van der Waals surface area contributed by atoms with Crippen LogP contribution in [0.2, 0.25) is 0 Å². The molecule has 0 saturated carbocycles. The topological polar surface area (TPSA) is 46.1 Å². The molecule has 1 aliphatic heterocycles. The summed E-state index contributed by atoms with van der Waals surface area (Å²) in [6.45, 7) is 3.19. The molecule has 0 aliphatic carbocycles. The van der Waals surface area contributed by atoms with E-state index >= 15 is 0 Å². The zero-order chi connectivity index (χ0) is 22.9. The van der Waals surface area contributed by atoms with Crippen LogP contribution in [0.15, 0.2) is 60.9 Å². The Morgan fingerprint density at radius 3 is 2.22 bits per heavy atom. The first-order chi connectivity index (χ1) is 15.2. The molecule has 0 atom stereocenters. The second-order valence-electron chi connectivity index (χ2n) is 8.20. The van der Waals surface area contributed by atoms with E-state index in [4.69, 9.17) is 0 Å². The molecule has 0 bridgehead atoms. The van der Waals surface area contributed by atoms with E-state index in [-0.39, 0.29) is 16.9 Å². The van der Waals surface area contributed by atoms with Crippen molar-refractivity contribution >= 4 is 11.7 Å². The first-order valence-electron chi connectivity index (χ1n) is 10.2. The number of ketones is 1. The van der Waals surface area contributed by atoms with E-state index in [1.54, 1.807) is 30.6 Å². The number of carbonyl (C=O) groups is 1. The smallest absolute Gasteiger partial charge is 0.341 e. The van der Waals surface area contributed by atoms with Gasteiger partial charge in [0.15, 0.2) is 5.78 Å². The summed E-state index contributed by atoms with van der Waals surface area (Å²) < 4.78 is 53.2. The first kappa shape index (κ1) is 21.9. The van der Waals surface area contributed by atoms with Gasteiger partial charge in [-0.1, -0.05) is 31.2 Å². The zero-order valence-electron chi connectivity index (χ0n) is 17.4. The van der Waals surface area contributed by atoms with Crippen LogP contribution in [-0.4, -0.2) is 28.8 Å². The molecule has 0 spiro atoms. The Hall–Kier alpha value is -3.29. The molecular formula is C24H21F4N3O. The van der Waals surface area contributed by atoms with Gasteiger partial charge in [-0.25, -0.2) is 14.4 Å². The minimum Gasteiger partial charge on any atom is -0.341 e. The third kappa shape index (κ3) is 4.35. The number of anilines is 1. The molecule has 4 nitrogen and oxygen atoms in total. The van der Waals surface area contributed by atoms with Crippen LogP contribution in [-0.2, 0) is 6.18 Å². The molecule has 0 N–H and O–H groups in total. The SMILES string of the molecule is CC1(C(=O)c2ccc(-c3cc(C(F)(F)F)ccc3F)cc2)CCN(c2ncccn2)CC1. The molecule has 2 heterocycles. The van der Waals surface area contributed by atoms with E-state index in [1.165, 1.54) is 12.1 Å². The van der Waals surface area contributed by atoms with Crippen molar-refractivity contribution in [2.45, 2.75) is 25.9 Å². The molecular weight excluding hydrogens is 422 g/mol. The Balaban J connectivity index is 1.51. The normalized spacial score (nSPS) is 16.1. The van der Waals surface area contributed by atoms with E-state index in [0.29, 0.717) is 43.5 Å². The Morgan fingerprint density at radius 2 is 1.62 bits per heavy atom. The molecule has 0 unspecified atom stereocenters. The number of nitrogens with zero attached hydrogens (tertiary/aromatic N) is 3. The van der Waals surface area contributed by atoms with Crippen LogP contribution in [0.1, 0.15) is 35.7 Å². The van der Waals surface area contributed by atoms with Gasteiger partial charge in [-0.2, -0.15) is 13.2 Å². The van der Waals surface area contributed by atoms with Crippen LogP contribution in [0.5, 0.6) is 0 Å². The van der Waals surface area contributed by atoms with Gasteiger partial charge in [-0.15, -0.1) is 0 Å². The summed E-state index contributed by atoms with van der Waals surface area (Å²) >= 11 is 0. The molecule has 32 heavy (non-hydrogen) atoms. The molecule has 1 aliphatic rings. The molecule has 3 aromatic rings. The number of halogens is 4. The molecule has 1 saturated heterocycles. The van der Waals surface area contributed by atoms with Gasteiger partial charge >= 0.3 is 6.18 Å². The molecule has 0 radical (unpaired) electrons. The highest BCUT2D eigenvalue weighted by molar-refractivity contribution is 6.00. The lowest BCUT2D eigenvalue weighted by molar-refractivity contribution is -0.137. The molecule has 1 aromatic heterocycles. The lowest BCUT2D eigenvalue weighted by Crippen LogP contribution is -2.43. The van der Waals surface area contributed by atoms with Crippen molar-refractivity contribution in [2.24, 2.45) is 5.41 Å². The van der Waals surface area contributed by atoms with E-state index < -0.39 is 23.0 Å². The van der Waals surface area contributed by atoms with Gasteiger partial charge in [-0.05, 0) is 42.7 Å². The van der Waals surface area contributed by atoms with Crippen LogP contribution < -0.4 is 4.90 Å². The average Bonchev–Trinajstić information content (AvgIpc) is 2.79. The van der Waals surface area contributed by atoms with Gasteiger partial charge in [0.1, 0.15) is 5.82 Å². The van der Waals surface area contributed by atoms with Crippen molar-refractivity contribution in [2.75, 3.05) is 18.0 Å². The number of aromatic nitrogens is 2. The Labute approximate surface area is 182 Å². The summed E-state index contributed by atoms with van der Waals surface area (Å²) in [6, 6.07) is 10.1. The Bertz CT molecular complexity index is 1110. The number of rotatable bonds is 4. The van der Waals surface area contributed by atoms with Crippen molar-refractivity contribution in [3.05, 3.63) is 77.9 Å². The lowest BCUT2D eigenvalue weighted by Gasteiger charge is -2.38. The molecule has 8 heteroatoms. The highest BCUT2D eigenvalue weighted by Gasteiger charge is 2.38.